The van der Waals surface area contributed by atoms with Crippen LogP contribution in [-0.4, -0.2) is 5.91 Å². The van der Waals surface area contributed by atoms with Crippen LogP contribution in [0.25, 0.3) is 11.3 Å². The molecule has 0 spiro atoms. The lowest BCUT2D eigenvalue weighted by Gasteiger charge is -2.06. The van der Waals surface area contributed by atoms with Crippen LogP contribution in [0.2, 0.25) is 5.02 Å². The number of hydrogen-bond acceptors (Lipinski definition) is 2. The van der Waals surface area contributed by atoms with E-state index in [9.17, 15) is 9.18 Å². The van der Waals surface area contributed by atoms with Crippen molar-refractivity contribution in [2.45, 2.75) is 13.8 Å². The highest BCUT2D eigenvalue weighted by atomic mass is 35.5. The van der Waals surface area contributed by atoms with Crippen LogP contribution >= 0.6 is 11.6 Å². The van der Waals surface area contributed by atoms with Crippen LogP contribution in [0, 0.1) is 19.7 Å². The summed E-state index contributed by atoms with van der Waals surface area (Å²) in [6.07, 6.45) is 0. The lowest BCUT2D eigenvalue weighted by Crippen LogP contribution is -2.10. The Morgan fingerprint density at radius 1 is 1.04 bits per heavy atom. The van der Waals surface area contributed by atoms with Crippen LogP contribution in [0.15, 0.2) is 52.9 Å². The molecular formula is C19H15ClFNO2. The van der Waals surface area contributed by atoms with Crippen molar-refractivity contribution in [2.75, 3.05) is 5.32 Å². The van der Waals surface area contributed by atoms with Gasteiger partial charge < -0.3 is 9.73 Å². The Kier molecular flexibility index (Phi) is 4.40. The molecule has 0 atom stereocenters. The average Bonchev–Trinajstić information content (AvgIpc) is 3.04. The minimum Gasteiger partial charge on any atom is -0.451 e. The van der Waals surface area contributed by atoms with Crippen LogP contribution in [0.1, 0.15) is 21.7 Å². The Morgan fingerprint density at radius 3 is 2.54 bits per heavy atom. The van der Waals surface area contributed by atoms with Gasteiger partial charge in [0.1, 0.15) is 11.6 Å². The number of aryl methyl sites for hydroxylation is 2. The molecule has 0 saturated heterocycles. The quantitative estimate of drug-likeness (QED) is 0.671. The summed E-state index contributed by atoms with van der Waals surface area (Å²) in [6, 6.07) is 13.2. The normalized spacial score (nSPS) is 10.7. The second-order valence-corrected chi connectivity index (χ2v) is 5.95. The van der Waals surface area contributed by atoms with Gasteiger partial charge in [0, 0.05) is 11.3 Å². The molecule has 0 bridgehead atoms. The SMILES string of the molecule is Cc1ccc(NC(=O)c2ccc(-c3ccc(F)c(Cl)c3)o2)cc1C. The number of carbonyl (C=O) groups is 1. The Morgan fingerprint density at radius 2 is 1.83 bits per heavy atom. The smallest absolute Gasteiger partial charge is 0.291 e. The van der Waals surface area contributed by atoms with Crippen molar-refractivity contribution in [1.82, 2.24) is 0 Å². The summed E-state index contributed by atoms with van der Waals surface area (Å²) in [6.45, 7) is 3.99. The summed E-state index contributed by atoms with van der Waals surface area (Å²) >= 11 is 5.77. The Hall–Kier alpha value is -2.59. The fourth-order valence-electron chi connectivity index (χ4n) is 2.28. The number of halogens is 2. The first-order valence-corrected chi connectivity index (χ1v) is 7.76. The third-order valence-electron chi connectivity index (χ3n) is 3.80. The highest BCUT2D eigenvalue weighted by molar-refractivity contribution is 6.31. The second kappa shape index (κ2) is 6.49. The maximum atomic E-state index is 13.2. The van der Waals surface area contributed by atoms with Crippen LogP contribution in [-0.2, 0) is 0 Å². The fraction of sp³-hybridized carbons (Fsp3) is 0.105. The molecule has 3 nitrogen and oxygen atoms in total. The van der Waals surface area contributed by atoms with E-state index in [1.54, 1.807) is 18.2 Å². The van der Waals surface area contributed by atoms with Gasteiger partial charge in [-0.05, 0) is 67.4 Å². The highest BCUT2D eigenvalue weighted by Gasteiger charge is 2.13. The van der Waals surface area contributed by atoms with Crippen LogP contribution in [0.5, 0.6) is 0 Å². The minimum absolute atomic E-state index is 0.00466. The zero-order chi connectivity index (χ0) is 17.3. The van der Waals surface area contributed by atoms with Gasteiger partial charge in [-0.2, -0.15) is 0 Å². The van der Waals surface area contributed by atoms with Gasteiger partial charge >= 0.3 is 0 Å². The van der Waals surface area contributed by atoms with Crippen molar-refractivity contribution in [2.24, 2.45) is 0 Å². The number of anilines is 1. The van der Waals surface area contributed by atoms with Gasteiger partial charge in [-0.3, -0.25) is 4.79 Å². The van der Waals surface area contributed by atoms with Gasteiger partial charge in [0.05, 0.1) is 5.02 Å². The first kappa shape index (κ1) is 16.3. The van der Waals surface area contributed by atoms with E-state index in [2.05, 4.69) is 5.32 Å². The largest absolute Gasteiger partial charge is 0.451 e. The molecule has 0 radical (unpaired) electrons. The molecule has 1 aromatic heterocycles. The summed E-state index contributed by atoms with van der Waals surface area (Å²) in [5.41, 5.74) is 3.55. The summed E-state index contributed by atoms with van der Waals surface area (Å²) in [7, 11) is 0. The van der Waals surface area contributed by atoms with Gasteiger partial charge in [0.15, 0.2) is 5.76 Å². The van der Waals surface area contributed by atoms with Crippen molar-refractivity contribution >= 4 is 23.2 Å². The Balaban J connectivity index is 1.80. The van der Waals surface area contributed by atoms with Crippen molar-refractivity contribution < 1.29 is 13.6 Å². The Bertz CT molecular complexity index is 917. The molecule has 122 valence electrons. The van der Waals surface area contributed by atoms with Gasteiger partial charge in [-0.25, -0.2) is 4.39 Å². The molecule has 3 aromatic rings. The molecule has 2 aromatic carbocycles. The number of nitrogens with one attached hydrogen (secondary N) is 1. The number of hydrogen-bond donors (Lipinski definition) is 1. The lowest BCUT2D eigenvalue weighted by atomic mass is 10.1. The highest BCUT2D eigenvalue weighted by Crippen LogP contribution is 2.27. The molecule has 0 unspecified atom stereocenters. The molecule has 0 aliphatic rings. The molecule has 1 amide bonds. The summed E-state index contributed by atoms with van der Waals surface area (Å²) in [4.78, 5) is 12.3. The van der Waals surface area contributed by atoms with E-state index in [1.165, 1.54) is 12.1 Å². The molecule has 1 N–H and O–H groups in total. The molecular weight excluding hydrogens is 329 g/mol. The Labute approximate surface area is 144 Å². The third-order valence-corrected chi connectivity index (χ3v) is 4.09. The zero-order valence-corrected chi connectivity index (χ0v) is 13.9. The third kappa shape index (κ3) is 3.34. The molecule has 3 rings (SSSR count). The number of benzene rings is 2. The molecule has 0 fully saturated rings. The zero-order valence-electron chi connectivity index (χ0n) is 13.2. The molecule has 0 saturated carbocycles. The van der Waals surface area contributed by atoms with E-state index in [4.69, 9.17) is 16.0 Å². The number of carbonyl (C=O) groups excluding carboxylic acids is 1. The van der Waals surface area contributed by atoms with E-state index < -0.39 is 5.82 Å². The molecule has 24 heavy (non-hydrogen) atoms. The van der Waals surface area contributed by atoms with Gasteiger partial charge in [-0.1, -0.05) is 17.7 Å². The maximum Gasteiger partial charge on any atom is 0.291 e. The van der Waals surface area contributed by atoms with Crippen molar-refractivity contribution in [3.05, 3.63) is 76.3 Å². The number of amides is 1. The lowest BCUT2D eigenvalue weighted by molar-refractivity contribution is 0.0997. The monoisotopic (exact) mass is 343 g/mol. The summed E-state index contributed by atoms with van der Waals surface area (Å²) < 4.78 is 18.8. The topological polar surface area (TPSA) is 42.2 Å². The minimum atomic E-state index is -0.500. The summed E-state index contributed by atoms with van der Waals surface area (Å²) in [5.74, 6) is -0.233. The van der Waals surface area contributed by atoms with E-state index in [0.29, 0.717) is 17.0 Å². The standard InChI is InChI=1S/C19H15ClFNO2/c1-11-3-5-14(9-12(11)2)22-19(23)18-8-7-17(24-18)13-4-6-16(21)15(20)10-13/h3-10H,1-2H3,(H,22,23). The molecule has 5 heteroatoms. The predicted octanol–water partition coefficient (Wildman–Crippen LogP) is 5.61. The van der Waals surface area contributed by atoms with Gasteiger partial charge in [-0.15, -0.1) is 0 Å². The molecule has 0 aliphatic carbocycles. The molecule has 1 heterocycles. The second-order valence-electron chi connectivity index (χ2n) is 5.55. The van der Waals surface area contributed by atoms with E-state index in [-0.39, 0.29) is 16.7 Å². The van der Waals surface area contributed by atoms with Crippen LogP contribution < -0.4 is 5.32 Å². The van der Waals surface area contributed by atoms with Crippen LogP contribution in [0.3, 0.4) is 0 Å². The maximum absolute atomic E-state index is 13.2. The van der Waals surface area contributed by atoms with E-state index >= 15 is 0 Å². The van der Waals surface area contributed by atoms with Crippen molar-refractivity contribution in [1.29, 1.82) is 0 Å². The predicted molar refractivity (Wildman–Crippen MR) is 93.0 cm³/mol. The van der Waals surface area contributed by atoms with Gasteiger partial charge in [0.2, 0.25) is 0 Å². The number of rotatable bonds is 3. The summed E-state index contributed by atoms with van der Waals surface area (Å²) in [5, 5.41) is 2.80. The average molecular weight is 344 g/mol. The van der Waals surface area contributed by atoms with Crippen molar-refractivity contribution in [3.8, 4) is 11.3 Å². The first-order chi connectivity index (χ1) is 11.4. The van der Waals surface area contributed by atoms with Crippen molar-refractivity contribution in [3.63, 3.8) is 0 Å². The van der Waals surface area contributed by atoms with E-state index in [1.807, 2.05) is 32.0 Å². The first-order valence-electron chi connectivity index (χ1n) is 7.38. The van der Waals surface area contributed by atoms with Crippen LogP contribution in [0.4, 0.5) is 10.1 Å². The molecule has 0 aliphatic heterocycles. The van der Waals surface area contributed by atoms with E-state index in [0.717, 1.165) is 11.1 Å². The van der Waals surface area contributed by atoms with Gasteiger partial charge in [0.25, 0.3) is 5.91 Å². The fourth-order valence-corrected chi connectivity index (χ4v) is 2.46. The number of furan rings is 1.